The average molecular weight is 227 g/mol. The first-order chi connectivity index (χ1) is 7.13. The number of hydrogen-bond acceptors (Lipinski definition) is 1. The number of amides is 2. The fraction of sp³-hybridized carbons (Fsp3) is 0.364. The molecule has 2 amide bonds. The number of rotatable bonds is 3. The second-order valence-corrected chi connectivity index (χ2v) is 3.75. The van der Waals surface area contributed by atoms with Gasteiger partial charge in [0.15, 0.2) is 0 Å². The predicted octanol–water partition coefficient (Wildman–Crippen LogP) is 3.18. The van der Waals surface area contributed by atoms with Crippen LogP contribution < -0.4 is 10.6 Å². The summed E-state index contributed by atoms with van der Waals surface area (Å²) in [5, 5.41) is 6.09. The Labute approximate surface area is 94.8 Å². The summed E-state index contributed by atoms with van der Waals surface area (Å²) < 4.78 is 0. The van der Waals surface area contributed by atoms with Gasteiger partial charge in [0, 0.05) is 17.3 Å². The number of benzene rings is 1. The highest BCUT2D eigenvalue weighted by Crippen LogP contribution is 2.19. The number of carbonyl (C=O) groups excluding carboxylic acids is 1. The highest BCUT2D eigenvalue weighted by molar-refractivity contribution is 6.31. The maximum atomic E-state index is 11.3. The number of hydrogen-bond donors (Lipinski definition) is 2. The smallest absolute Gasteiger partial charge is 0.319 e. The maximum Gasteiger partial charge on any atom is 0.319 e. The third-order valence-electron chi connectivity index (χ3n) is 1.97. The van der Waals surface area contributed by atoms with Crippen LogP contribution in [0.15, 0.2) is 18.2 Å². The summed E-state index contributed by atoms with van der Waals surface area (Å²) in [5.74, 6) is 0. The van der Waals surface area contributed by atoms with Crippen LogP contribution in [0.2, 0.25) is 5.02 Å². The molecular formula is C11H15ClN2O. The van der Waals surface area contributed by atoms with Crippen molar-refractivity contribution in [3.8, 4) is 0 Å². The molecule has 82 valence electrons. The standard InChI is InChI=1S/C11H15ClN2O/c1-3-6-13-11(15)14-9-5-4-8(2)10(12)7-9/h4-5,7H,3,6H2,1-2H3,(H2,13,14,15). The van der Waals surface area contributed by atoms with E-state index in [0.29, 0.717) is 17.3 Å². The molecule has 0 aliphatic heterocycles. The van der Waals surface area contributed by atoms with Crippen molar-refractivity contribution < 1.29 is 4.79 Å². The van der Waals surface area contributed by atoms with Crippen molar-refractivity contribution in [1.29, 1.82) is 0 Å². The normalized spacial score (nSPS) is 9.80. The molecule has 3 nitrogen and oxygen atoms in total. The Morgan fingerprint density at radius 3 is 2.80 bits per heavy atom. The van der Waals surface area contributed by atoms with Crippen LogP contribution in [-0.4, -0.2) is 12.6 Å². The summed E-state index contributed by atoms with van der Waals surface area (Å²) in [7, 11) is 0. The Morgan fingerprint density at radius 1 is 1.47 bits per heavy atom. The van der Waals surface area contributed by atoms with E-state index < -0.39 is 0 Å². The summed E-state index contributed by atoms with van der Waals surface area (Å²) in [6.07, 6.45) is 0.919. The van der Waals surface area contributed by atoms with Crippen molar-refractivity contribution in [2.75, 3.05) is 11.9 Å². The van der Waals surface area contributed by atoms with Crippen LogP contribution in [0.5, 0.6) is 0 Å². The van der Waals surface area contributed by atoms with Crippen molar-refractivity contribution in [2.24, 2.45) is 0 Å². The van der Waals surface area contributed by atoms with Gasteiger partial charge in [0.25, 0.3) is 0 Å². The molecule has 0 heterocycles. The van der Waals surface area contributed by atoms with E-state index in [1.54, 1.807) is 6.07 Å². The molecule has 0 aromatic heterocycles. The topological polar surface area (TPSA) is 41.1 Å². The molecule has 0 aliphatic rings. The van der Waals surface area contributed by atoms with Gasteiger partial charge in [-0.15, -0.1) is 0 Å². The SMILES string of the molecule is CCCNC(=O)Nc1ccc(C)c(Cl)c1. The first-order valence-corrected chi connectivity index (χ1v) is 5.32. The van der Waals surface area contributed by atoms with Gasteiger partial charge in [-0.2, -0.15) is 0 Å². The molecule has 0 saturated carbocycles. The Bertz CT molecular complexity index is 352. The number of urea groups is 1. The average Bonchev–Trinajstić information content (AvgIpc) is 2.20. The second-order valence-electron chi connectivity index (χ2n) is 3.34. The number of carbonyl (C=O) groups is 1. The molecule has 0 fully saturated rings. The van der Waals surface area contributed by atoms with Crippen LogP contribution >= 0.6 is 11.6 Å². The van der Waals surface area contributed by atoms with Gasteiger partial charge in [-0.1, -0.05) is 24.6 Å². The number of nitrogens with one attached hydrogen (secondary N) is 2. The summed E-state index contributed by atoms with van der Waals surface area (Å²) in [6, 6.07) is 5.24. The van der Waals surface area contributed by atoms with Gasteiger partial charge < -0.3 is 10.6 Å². The van der Waals surface area contributed by atoms with Gasteiger partial charge in [-0.25, -0.2) is 4.79 Å². The lowest BCUT2D eigenvalue weighted by atomic mass is 10.2. The molecule has 0 saturated heterocycles. The monoisotopic (exact) mass is 226 g/mol. The van der Waals surface area contributed by atoms with Crippen molar-refractivity contribution in [3.63, 3.8) is 0 Å². The molecule has 4 heteroatoms. The first kappa shape index (κ1) is 11.9. The van der Waals surface area contributed by atoms with E-state index in [4.69, 9.17) is 11.6 Å². The van der Waals surface area contributed by atoms with Gasteiger partial charge in [0.05, 0.1) is 0 Å². The van der Waals surface area contributed by atoms with Crippen LogP contribution in [0.4, 0.5) is 10.5 Å². The summed E-state index contributed by atoms with van der Waals surface area (Å²) in [6.45, 7) is 4.59. The second kappa shape index (κ2) is 5.61. The summed E-state index contributed by atoms with van der Waals surface area (Å²) >= 11 is 5.93. The first-order valence-electron chi connectivity index (χ1n) is 4.94. The van der Waals surface area contributed by atoms with Crippen molar-refractivity contribution in [1.82, 2.24) is 5.32 Å². The molecule has 0 aliphatic carbocycles. The Balaban J connectivity index is 2.57. The number of aryl methyl sites for hydroxylation is 1. The van der Waals surface area contributed by atoms with E-state index in [0.717, 1.165) is 12.0 Å². The predicted molar refractivity (Wildman–Crippen MR) is 63.5 cm³/mol. The third kappa shape index (κ3) is 3.80. The third-order valence-corrected chi connectivity index (χ3v) is 2.37. The quantitative estimate of drug-likeness (QED) is 0.817. The minimum Gasteiger partial charge on any atom is -0.338 e. The van der Waals surface area contributed by atoms with Gasteiger partial charge in [0.1, 0.15) is 0 Å². The lowest BCUT2D eigenvalue weighted by Gasteiger charge is -2.07. The van der Waals surface area contributed by atoms with E-state index >= 15 is 0 Å². The molecule has 2 N–H and O–H groups in total. The molecule has 15 heavy (non-hydrogen) atoms. The molecule has 0 radical (unpaired) electrons. The minimum absolute atomic E-state index is 0.197. The molecular weight excluding hydrogens is 212 g/mol. The van der Waals surface area contributed by atoms with Gasteiger partial charge in [-0.3, -0.25) is 0 Å². The van der Waals surface area contributed by atoms with Crippen molar-refractivity contribution in [2.45, 2.75) is 20.3 Å². The molecule has 1 aromatic rings. The Hall–Kier alpha value is -1.22. The van der Waals surface area contributed by atoms with Gasteiger partial charge in [0.2, 0.25) is 0 Å². The molecule has 1 rings (SSSR count). The fourth-order valence-corrected chi connectivity index (χ4v) is 1.26. The van der Waals surface area contributed by atoms with Crippen LogP contribution in [-0.2, 0) is 0 Å². The lowest BCUT2D eigenvalue weighted by Crippen LogP contribution is -2.29. The van der Waals surface area contributed by atoms with E-state index in [1.807, 2.05) is 26.0 Å². The Morgan fingerprint density at radius 2 is 2.20 bits per heavy atom. The van der Waals surface area contributed by atoms with Gasteiger partial charge in [-0.05, 0) is 31.0 Å². The van der Waals surface area contributed by atoms with Crippen molar-refractivity contribution in [3.05, 3.63) is 28.8 Å². The molecule has 0 unspecified atom stereocenters. The number of halogens is 1. The van der Waals surface area contributed by atoms with E-state index in [2.05, 4.69) is 10.6 Å². The highest BCUT2D eigenvalue weighted by atomic mass is 35.5. The van der Waals surface area contributed by atoms with Crippen LogP contribution in [0.1, 0.15) is 18.9 Å². The zero-order chi connectivity index (χ0) is 11.3. The summed E-state index contributed by atoms with van der Waals surface area (Å²) in [5.41, 5.74) is 1.70. The summed E-state index contributed by atoms with van der Waals surface area (Å²) in [4.78, 5) is 11.3. The minimum atomic E-state index is -0.197. The molecule has 0 spiro atoms. The van der Waals surface area contributed by atoms with Crippen molar-refractivity contribution >= 4 is 23.3 Å². The zero-order valence-electron chi connectivity index (χ0n) is 8.93. The largest absolute Gasteiger partial charge is 0.338 e. The zero-order valence-corrected chi connectivity index (χ0v) is 9.69. The highest BCUT2D eigenvalue weighted by Gasteiger charge is 2.01. The molecule has 0 bridgehead atoms. The van der Waals surface area contributed by atoms with E-state index in [9.17, 15) is 4.79 Å². The fourth-order valence-electron chi connectivity index (χ4n) is 1.08. The molecule has 0 atom stereocenters. The molecule has 1 aromatic carbocycles. The van der Waals surface area contributed by atoms with E-state index in [-0.39, 0.29) is 6.03 Å². The van der Waals surface area contributed by atoms with Crippen LogP contribution in [0.3, 0.4) is 0 Å². The lowest BCUT2D eigenvalue weighted by molar-refractivity contribution is 0.252. The van der Waals surface area contributed by atoms with Crippen LogP contribution in [0.25, 0.3) is 0 Å². The maximum absolute atomic E-state index is 11.3. The van der Waals surface area contributed by atoms with Crippen LogP contribution in [0, 0.1) is 6.92 Å². The number of anilines is 1. The van der Waals surface area contributed by atoms with E-state index in [1.165, 1.54) is 0 Å². The van der Waals surface area contributed by atoms with Gasteiger partial charge >= 0.3 is 6.03 Å². The Kier molecular flexibility index (Phi) is 4.43.